The third-order valence-electron chi connectivity index (χ3n) is 1.85. The summed E-state index contributed by atoms with van der Waals surface area (Å²) < 4.78 is 56.8. The minimum absolute atomic E-state index is 0.00924. The second-order valence-electron chi connectivity index (χ2n) is 2.93. The van der Waals surface area contributed by atoms with Crippen molar-refractivity contribution in [3.63, 3.8) is 0 Å². The van der Waals surface area contributed by atoms with E-state index in [1.54, 1.807) is 0 Å². The summed E-state index contributed by atoms with van der Waals surface area (Å²) in [5.74, 6) is -0.627. The van der Waals surface area contributed by atoms with Gasteiger partial charge in [-0.15, -0.1) is 13.2 Å². The largest absolute Gasteiger partial charge is 0.574 e. The Morgan fingerprint density at radius 2 is 2.00 bits per heavy atom. The van der Waals surface area contributed by atoms with Crippen LogP contribution in [0.25, 0.3) is 0 Å². The molecule has 0 amide bonds. The topological polar surface area (TPSA) is 31.4 Å². The molecule has 0 fully saturated rings. The van der Waals surface area contributed by atoms with Gasteiger partial charge in [0.2, 0.25) is 5.88 Å². The molecule has 0 spiro atoms. The van der Waals surface area contributed by atoms with Crippen LogP contribution in [0, 0.1) is 6.92 Å². The number of alkyl halides is 4. The van der Waals surface area contributed by atoms with Gasteiger partial charge in [0.25, 0.3) is 0 Å². The summed E-state index contributed by atoms with van der Waals surface area (Å²) in [6.45, 7) is 0.440. The van der Waals surface area contributed by atoms with Gasteiger partial charge in [0, 0.05) is 11.8 Å². The summed E-state index contributed by atoms with van der Waals surface area (Å²) >= 11 is 0. The van der Waals surface area contributed by atoms with Crippen molar-refractivity contribution in [2.75, 3.05) is 7.11 Å². The van der Waals surface area contributed by atoms with Gasteiger partial charge in [0.05, 0.1) is 12.7 Å². The summed E-state index contributed by atoms with van der Waals surface area (Å²) in [6, 6.07) is 0. The van der Waals surface area contributed by atoms with Crippen LogP contribution in [0.15, 0.2) is 6.20 Å². The molecular formula is C9H9F4NO2. The predicted octanol–water partition coefficient (Wildman–Crippen LogP) is 2.77. The van der Waals surface area contributed by atoms with Gasteiger partial charge in [-0.05, 0) is 6.92 Å². The zero-order valence-corrected chi connectivity index (χ0v) is 8.56. The third-order valence-corrected chi connectivity index (χ3v) is 1.85. The van der Waals surface area contributed by atoms with Crippen LogP contribution in [0.2, 0.25) is 0 Å². The van der Waals surface area contributed by atoms with E-state index in [1.165, 1.54) is 14.0 Å². The molecule has 0 aromatic carbocycles. The van der Waals surface area contributed by atoms with Crippen molar-refractivity contribution in [3.8, 4) is 11.6 Å². The molecule has 0 saturated heterocycles. The summed E-state index contributed by atoms with van der Waals surface area (Å²) in [7, 11) is 1.23. The van der Waals surface area contributed by atoms with E-state index in [1.807, 2.05) is 0 Å². The van der Waals surface area contributed by atoms with E-state index >= 15 is 0 Å². The van der Waals surface area contributed by atoms with Crippen LogP contribution in [0.3, 0.4) is 0 Å². The molecule has 0 atom stereocenters. The molecule has 0 saturated carbocycles. The summed E-state index contributed by atoms with van der Waals surface area (Å²) in [6.07, 6.45) is -3.88. The maximum atomic E-state index is 12.4. The van der Waals surface area contributed by atoms with E-state index in [9.17, 15) is 17.6 Å². The van der Waals surface area contributed by atoms with Gasteiger partial charge in [-0.1, -0.05) is 0 Å². The molecule has 7 heteroatoms. The fourth-order valence-corrected chi connectivity index (χ4v) is 1.22. The summed E-state index contributed by atoms with van der Waals surface area (Å²) in [5, 5.41) is 0. The first-order chi connectivity index (χ1) is 7.39. The zero-order chi connectivity index (χ0) is 12.3. The van der Waals surface area contributed by atoms with Gasteiger partial charge in [-0.3, -0.25) is 0 Å². The molecule has 1 heterocycles. The van der Waals surface area contributed by atoms with Crippen molar-refractivity contribution >= 4 is 0 Å². The SMILES string of the molecule is COc1c(CF)cnc(OC(F)(F)F)c1C. The molecule has 1 aromatic rings. The van der Waals surface area contributed by atoms with Crippen molar-refractivity contribution < 1.29 is 27.0 Å². The summed E-state index contributed by atoms with van der Waals surface area (Å²) in [5.41, 5.74) is 0.0875. The predicted molar refractivity (Wildman–Crippen MR) is 47.0 cm³/mol. The van der Waals surface area contributed by atoms with E-state index in [0.717, 1.165) is 6.20 Å². The van der Waals surface area contributed by atoms with E-state index < -0.39 is 18.9 Å². The van der Waals surface area contributed by atoms with Crippen LogP contribution in [0.5, 0.6) is 11.6 Å². The Morgan fingerprint density at radius 3 is 2.44 bits per heavy atom. The molecular weight excluding hydrogens is 230 g/mol. The van der Waals surface area contributed by atoms with Gasteiger partial charge in [0.1, 0.15) is 12.4 Å². The molecule has 90 valence electrons. The molecule has 0 radical (unpaired) electrons. The zero-order valence-electron chi connectivity index (χ0n) is 8.56. The van der Waals surface area contributed by atoms with Crippen molar-refractivity contribution in [1.29, 1.82) is 0 Å². The Kier molecular flexibility index (Phi) is 3.56. The Hall–Kier alpha value is -1.53. The average Bonchev–Trinajstić information content (AvgIpc) is 2.19. The number of rotatable bonds is 3. The Labute approximate surface area is 89.0 Å². The average molecular weight is 239 g/mol. The highest BCUT2D eigenvalue weighted by atomic mass is 19.4. The minimum atomic E-state index is -4.83. The number of aromatic nitrogens is 1. The Morgan fingerprint density at radius 1 is 1.38 bits per heavy atom. The molecule has 0 bridgehead atoms. The third kappa shape index (κ3) is 2.74. The number of pyridine rings is 1. The molecule has 0 aliphatic heterocycles. The molecule has 0 aliphatic rings. The molecule has 0 unspecified atom stereocenters. The normalized spacial score (nSPS) is 11.4. The monoisotopic (exact) mass is 239 g/mol. The first kappa shape index (κ1) is 12.5. The van der Waals surface area contributed by atoms with Gasteiger partial charge >= 0.3 is 6.36 Å². The maximum Gasteiger partial charge on any atom is 0.574 e. The lowest BCUT2D eigenvalue weighted by Gasteiger charge is -2.14. The lowest BCUT2D eigenvalue weighted by Crippen LogP contribution is -2.19. The van der Waals surface area contributed by atoms with Crippen molar-refractivity contribution in [2.45, 2.75) is 20.0 Å². The molecule has 3 nitrogen and oxygen atoms in total. The molecule has 1 aromatic heterocycles. The highest BCUT2D eigenvalue weighted by Gasteiger charge is 2.33. The Balaban J connectivity index is 3.14. The van der Waals surface area contributed by atoms with Crippen LogP contribution in [0.4, 0.5) is 17.6 Å². The minimum Gasteiger partial charge on any atom is -0.496 e. The van der Waals surface area contributed by atoms with Gasteiger partial charge in [-0.25, -0.2) is 9.37 Å². The highest BCUT2D eigenvalue weighted by Crippen LogP contribution is 2.32. The van der Waals surface area contributed by atoms with Crippen LogP contribution in [-0.2, 0) is 6.67 Å². The molecule has 0 aliphatic carbocycles. The lowest BCUT2D eigenvalue weighted by molar-refractivity contribution is -0.276. The summed E-state index contributed by atoms with van der Waals surface area (Å²) in [4.78, 5) is 3.38. The van der Waals surface area contributed by atoms with Crippen molar-refractivity contribution in [2.24, 2.45) is 0 Å². The smallest absolute Gasteiger partial charge is 0.496 e. The first-order valence-electron chi connectivity index (χ1n) is 4.23. The van der Waals surface area contributed by atoms with E-state index in [2.05, 4.69) is 9.72 Å². The van der Waals surface area contributed by atoms with Crippen LogP contribution >= 0.6 is 0 Å². The van der Waals surface area contributed by atoms with E-state index in [4.69, 9.17) is 4.74 Å². The number of hydrogen-bond acceptors (Lipinski definition) is 3. The first-order valence-corrected chi connectivity index (χ1v) is 4.23. The number of ether oxygens (including phenoxy) is 2. The lowest BCUT2D eigenvalue weighted by atomic mass is 10.2. The molecule has 0 N–H and O–H groups in total. The second kappa shape index (κ2) is 4.54. The number of halogens is 4. The number of methoxy groups -OCH3 is 1. The van der Waals surface area contributed by atoms with Gasteiger partial charge in [0.15, 0.2) is 0 Å². The van der Waals surface area contributed by atoms with E-state index in [0.29, 0.717) is 0 Å². The maximum absolute atomic E-state index is 12.4. The fourth-order valence-electron chi connectivity index (χ4n) is 1.22. The van der Waals surface area contributed by atoms with Crippen LogP contribution < -0.4 is 9.47 Å². The number of nitrogens with zero attached hydrogens (tertiary/aromatic N) is 1. The van der Waals surface area contributed by atoms with Crippen molar-refractivity contribution in [1.82, 2.24) is 4.98 Å². The fraction of sp³-hybridized carbons (Fsp3) is 0.444. The Bertz CT molecular complexity index is 379. The molecule has 1 rings (SSSR count). The standard InChI is InChI=1S/C9H9F4NO2/c1-5-7(15-2)6(3-10)4-14-8(5)16-9(11,12)13/h4H,3H2,1-2H3. The quantitative estimate of drug-likeness (QED) is 0.760. The van der Waals surface area contributed by atoms with Crippen LogP contribution in [-0.4, -0.2) is 18.5 Å². The highest BCUT2D eigenvalue weighted by molar-refractivity contribution is 5.44. The van der Waals surface area contributed by atoms with Crippen molar-refractivity contribution in [3.05, 3.63) is 17.3 Å². The van der Waals surface area contributed by atoms with E-state index in [-0.39, 0.29) is 16.9 Å². The van der Waals surface area contributed by atoms with Crippen LogP contribution in [0.1, 0.15) is 11.1 Å². The van der Waals surface area contributed by atoms with Gasteiger partial charge in [-0.2, -0.15) is 0 Å². The second-order valence-corrected chi connectivity index (χ2v) is 2.93. The molecule has 16 heavy (non-hydrogen) atoms. The number of hydrogen-bond donors (Lipinski definition) is 0. The van der Waals surface area contributed by atoms with Gasteiger partial charge < -0.3 is 9.47 Å².